The molecule has 1 aromatic heterocycles. The smallest absolute Gasteiger partial charge is 0.338 e. The molecule has 2 heterocycles. The highest BCUT2D eigenvalue weighted by atomic mass is 16.4. The topological polar surface area (TPSA) is 70.8 Å². The predicted molar refractivity (Wildman–Crippen MR) is 64.0 cm³/mol. The van der Waals surface area contributed by atoms with E-state index in [1.54, 1.807) is 4.90 Å². The fraction of sp³-hybridized carbons (Fsp3) is 0.538. The Bertz CT molecular complexity index is 463. The van der Waals surface area contributed by atoms with Crippen LogP contribution in [0.2, 0.25) is 0 Å². The number of aromatic carboxylic acids is 1. The molecule has 0 radical (unpaired) electrons. The third-order valence-corrected chi connectivity index (χ3v) is 3.43. The number of carbonyl (C=O) groups is 2. The summed E-state index contributed by atoms with van der Waals surface area (Å²) in [5.74, 6) is 0.474. The number of carboxylic acid groups (broad SMARTS) is 1. The van der Waals surface area contributed by atoms with Gasteiger partial charge in [-0.25, -0.2) is 4.79 Å². The minimum absolute atomic E-state index is 0.113. The van der Waals surface area contributed by atoms with Gasteiger partial charge in [0.15, 0.2) is 0 Å². The lowest BCUT2D eigenvalue weighted by atomic mass is 9.95. The average molecular weight is 251 g/mol. The molecule has 18 heavy (non-hydrogen) atoms. The molecule has 0 bridgehead atoms. The van der Waals surface area contributed by atoms with Crippen molar-refractivity contribution in [2.75, 3.05) is 6.54 Å². The maximum absolute atomic E-state index is 11.8. The van der Waals surface area contributed by atoms with E-state index in [4.69, 9.17) is 9.52 Å². The zero-order valence-corrected chi connectivity index (χ0v) is 10.5. The van der Waals surface area contributed by atoms with Crippen LogP contribution in [0.3, 0.4) is 0 Å². The second kappa shape index (κ2) is 4.84. The van der Waals surface area contributed by atoms with Crippen LogP contribution in [0, 0.1) is 11.8 Å². The lowest BCUT2D eigenvalue weighted by molar-refractivity contribution is -0.128. The predicted octanol–water partition coefficient (Wildman–Crippen LogP) is 1.98. The molecule has 0 spiro atoms. The largest absolute Gasteiger partial charge is 0.478 e. The minimum Gasteiger partial charge on any atom is -0.478 e. The van der Waals surface area contributed by atoms with Crippen molar-refractivity contribution in [3.05, 3.63) is 23.7 Å². The molecule has 1 aliphatic heterocycles. The van der Waals surface area contributed by atoms with Crippen molar-refractivity contribution < 1.29 is 19.1 Å². The molecule has 0 aliphatic carbocycles. The average Bonchev–Trinajstić information content (AvgIpc) is 2.87. The molecule has 2 rings (SSSR count). The number of carboxylic acids is 1. The van der Waals surface area contributed by atoms with E-state index < -0.39 is 5.97 Å². The summed E-state index contributed by atoms with van der Waals surface area (Å²) < 4.78 is 5.16. The summed E-state index contributed by atoms with van der Waals surface area (Å²) in [5.41, 5.74) is 0.122. The second-order valence-corrected chi connectivity index (χ2v) is 5.09. The van der Waals surface area contributed by atoms with Crippen LogP contribution in [0.15, 0.2) is 16.7 Å². The molecule has 98 valence electrons. The highest BCUT2D eigenvalue weighted by Gasteiger charge is 2.31. The first-order chi connectivity index (χ1) is 8.47. The zero-order valence-electron chi connectivity index (χ0n) is 10.5. The van der Waals surface area contributed by atoms with E-state index in [1.165, 1.54) is 12.3 Å². The van der Waals surface area contributed by atoms with Crippen LogP contribution >= 0.6 is 0 Å². The van der Waals surface area contributed by atoms with Crippen LogP contribution in [0.4, 0.5) is 0 Å². The second-order valence-electron chi connectivity index (χ2n) is 5.09. The van der Waals surface area contributed by atoms with Gasteiger partial charge in [0, 0.05) is 13.0 Å². The van der Waals surface area contributed by atoms with E-state index in [2.05, 4.69) is 13.8 Å². The van der Waals surface area contributed by atoms with Crippen LogP contribution in [0.5, 0.6) is 0 Å². The molecular formula is C13H17NO4. The van der Waals surface area contributed by atoms with E-state index in [-0.39, 0.29) is 11.5 Å². The minimum atomic E-state index is -1.02. The van der Waals surface area contributed by atoms with Gasteiger partial charge in [-0.2, -0.15) is 0 Å². The molecule has 1 atom stereocenters. The number of furan rings is 1. The normalized spacial score (nSPS) is 19.8. The Hall–Kier alpha value is -1.78. The van der Waals surface area contributed by atoms with Crippen molar-refractivity contribution >= 4 is 11.9 Å². The molecule has 1 aliphatic rings. The summed E-state index contributed by atoms with van der Waals surface area (Å²) in [7, 11) is 0. The quantitative estimate of drug-likeness (QED) is 0.888. The maximum Gasteiger partial charge on any atom is 0.338 e. The number of rotatable bonds is 4. The first kappa shape index (κ1) is 12.7. The van der Waals surface area contributed by atoms with Gasteiger partial charge >= 0.3 is 5.97 Å². The summed E-state index contributed by atoms with van der Waals surface area (Å²) in [6.45, 7) is 5.29. The molecule has 1 amide bonds. The number of carbonyl (C=O) groups excluding carboxylic acids is 1. The SMILES string of the molecule is CC(C)C1CC(=O)N(Cc2cc(C(=O)O)co2)C1. The Labute approximate surface area is 105 Å². The summed E-state index contributed by atoms with van der Waals surface area (Å²) in [6, 6.07) is 1.47. The van der Waals surface area contributed by atoms with Gasteiger partial charge in [0.1, 0.15) is 12.0 Å². The van der Waals surface area contributed by atoms with Gasteiger partial charge in [0.25, 0.3) is 0 Å². The van der Waals surface area contributed by atoms with Gasteiger partial charge in [-0.05, 0) is 17.9 Å². The Kier molecular flexibility index (Phi) is 3.41. The van der Waals surface area contributed by atoms with E-state index in [1.807, 2.05) is 0 Å². The third kappa shape index (κ3) is 2.55. The van der Waals surface area contributed by atoms with E-state index in [0.29, 0.717) is 30.6 Å². The van der Waals surface area contributed by atoms with Crippen molar-refractivity contribution in [2.45, 2.75) is 26.8 Å². The molecule has 1 fully saturated rings. The van der Waals surface area contributed by atoms with E-state index >= 15 is 0 Å². The molecule has 1 aromatic rings. The summed E-state index contributed by atoms with van der Waals surface area (Å²) in [5, 5.41) is 8.79. The number of amides is 1. The molecule has 0 saturated carbocycles. The molecule has 0 aromatic carbocycles. The van der Waals surface area contributed by atoms with Crippen LogP contribution in [0.1, 0.15) is 36.4 Å². The first-order valence-corrected chi connectivity index (χ1v) is 6.06. The summed E-state index contributed by atoms with van der Waals surface area (Å²) >= 11 is 0. The number of nitrogens with zero attached hydrogens (tertiary/aromatic N) is 1. The Balaban J connectivity index is 2.01. The maximum atomic E-state index is 11.8. The fourth-order valence-corrected chi connectivity index (χ4v) is 2.17. The summed E-state index contributed by atoms with van der Waals surface area (Å²) in [4.78, 5) is 24.3. The van der Waals surface area contributed by atoms with Crippen LogP contribution < -0.4 is 0 Å². The standard InChI is InChI=1S/C13H17NO4/c1-8(2)9-4-12(15)14(5-9)6-11-3-10(7-18-11)13(16)17/h3,7-9H,4-6H2,1-2H3,(H,16,17). The molecule has 5 nitrogen and oxygen atoms in total. The van der Waals surface area contributed by atoms with Crippen LogP contribution in [-0.4, -0.2) is 28.4 Å². The Morgan fingerprint density at radius 2 is 2.33 bits per heavy atom. The van der Waals surface area contributed by atoms with Gasteiger partial charge in [-0.1, -0.05) is 13.8 Å². The molecule has 1 saturated heterocycles. The van der Waals surface area contributed by atoms with Gasteiger partial charge < -0.3 is 14.4 Å². The molecule has 1 unspecified atom stereocenters. The number of likely N-dealkylation sites (tertiary alicyclic amines) is 1. The van der Waals surface area contributed by atoms with Gasteiger partial charge in [-0.3, -0.25) is 4.79 Å². The van der Waals surface area contributed by atoms with Crippen molar-refractivity contribution in [1.29, 1.82) is 0 Å². The summed E-state index contributed by atoms with van der Waals surface area (Å²) in [6.07, 6.45) is 1.78. The zero-order chi connectivity index (χ0) is 13.3. The Morgan fingerprint density at radius 3 is 2.83 bits per heavy atom. The van der Waals surface area contributed by atoms with Gasteiger partial charge in [-0.15, -0.1) is 0 Å². The lowest BCUT2D eigenvalue weighted by Gasteiger charge is -2.16. The highest BCUT2D eigenvalue weighted by molar-refractivity contribution is 5.87. The Morgan fingerprint density at radius 1 is 1.61 bits per heavy atom. The highest BCUT2D eigenvalue weighted by Crippen LogP contribution is 2.26. The van der Waals surface area contributed by atoms with E-state index in [0.717, 1.165) is 6.54 Å². The van der Waals surface area contributed by atoms with Gasteiger partial charge in [0.2, 0.25) is 5.91 Å². The van der Waals surface area contributed by atoms with Crippen LogP contribution in [-0.2, 0) is 11.3 Å². The molecule has 5 heteroatoms. The van der Waals surface area contributed by atoms with Gasteiger partial charge in [0.05, 0.1) is 12.1 Å². The first-order valence-electron chi connectivity index (χ1n) is 6.06. The lowest BCUT2D eigenvalue weighted by Crippen LogP contribution is -2.24. The van der Waals surface area contributed by atoms with Crippen molar-refractivity contribution in [1.82, 2.24) is 4.90 Å². The van der Waals surface area contributed by atoms with E-state index in [9.17, 15) is 9.59 Å². The van der Waals surface area contributed by atoms with Crippen molar-refractivity contribution in [2.24, 2.45) is 11.8 Å². The van der Waals surface area contributed by atoms with Crippen molar-refractivity contribution in [3.8, 4) is 0 Å². The monoisotopic (exact) mass is 251 g/mol. The third-order valence-electron chi connectivity index (χ3n) is 3.43. The van der Waals surface area contributed by atoms with Crippen LogP contribution in [0.25, 0.3) is 0 Å². The molecule has 1 N–H and O–H groups in total. The number of hydrogen-bond donors (Lipinski definition) is 1. The fourth-order valence-electron chi connectivity index (χ4n) is 2.17. The van der Waals surface area contributed by atoms with Crippen molar-refractivity contribution in [3.63, 3.8) is 0 Å². The molecular weight excluding hydrogens is 234 g/mol. The number of hydrogen-bond acceptors (Lipinski definition) is 3.